The topological polar surface area (TPSA) is 66.4 Å². The molecule has 0 radical (unpaired) electrons. The predicted molar refractivity (Wildman–Crippen MR) is 62.6 cm³/mol. The van der Waals surface area contributed by atoms with E-state index in [1.54, 1.807) is 6.92 Å². The summed E-state index contributed by atoms with van der Waals surface area (Å²) in [7, 11) is -3.27. The van der Waals surface area contributed by atoms with Gasteiger partial charge in [0.15, 0.2) is 0 Å². The van der Waals surface area contributed by atoms with Crippen LogP contribution in [0.25, 0.3) is 0 Å². The lowest BCUT2D eigenvalue weighted by atomic mass is 10.2. The summed E-state index contributed by atoms with van der Waals surface area (Å²) >= 11 is 5.56. The molecule has 0 bridgehead atoms. The minimum atomic E-state index is -3.27. The Kier molecular flexibility index (Phi) is 7.52. The van der Waals surface area contributed by atoms with Crippen molar-refractivity contribution in [2.75, 3.05) is 18.2 Å². The Labute approximate surface area is 97.1 Å². The van der Waals surface area contributed by atoms with E-state index >= 15 is 0 Å². The third-order valence-electron chi connectivity index (χ3n) is 2.08. The second kappa shape index (κ2) is 7.44. The Morgan fingerprint density at radius 2 is 2.07 bits per heavy atom. The monoisotopic (exact) mass is 257 g/mol. The maximum atomic E-state index is 11.6. The van der Waals surface area contributed by atoms with Crippen molar-refractivity contribution in [3.63, 3.8) is 0 Å². The Hall–Kier alpha value is 0.160. The molecule has 0 aromatic carbocycles. The van der Waals surface area contributed by atoms with Crippen molar-refractivity contribution in [1.29, 1.82) is 0 Å². The van der Waals surface area contributed by atoms with Gasteiger partial charge in [0.1, 0.15) is 0 Å². The summed E-state index contributed by atoms with van der Waals surface area (Å²) in [6, 6.07) is -0.178. The highest BCUT2D eigenvalue weighted by Gasteiger charge is 2.18. The van der Waals surface area contributed by atoms with Crippen LogP contribution in [-0.2, 0) is 10.0 Å². The molecule has 0 aromatic rings. The smallest absolute Gasteiger partial charge is 0.212 e. The molecule has 2 unspecified atom stereocenters. The van der Waals surface area contributed by atoms with Gasteiger partial charge in [0.25, 0.3) is 0 Å². The van der Waals surface area contributed by atoms with Crippen LogP contribution in [0.4, 0.5) is 0 Å². The fourth-order valence-corrected chi connectivity index (χ4v) is 3.22. The Morgan fingerprint density at radius 1 is 1.47 bits per heavy atom. The molecule has 0 spiro atoms. The van der Waals surface area contributed by atoms with Crippen molar-refractivity contribution in [3.8, 4) is 0 Å². The summed E-state index contributed by atoms with van der Waals surface area (Å²) < 4.78 is 25.7. The highest BCUT2D eigenvalue weighted by atomic mass is 35.5. The molecule has 0 saturated carbocycles. The number of rotatable bonds is 8. The van der Waals surface area contributed by atoms with E-state index in [0.29, 0.717) is 18.7 Å². The van der Waals surface area contributed by atoms with E-state index in [0.717, 1.165) is 0 Å². The summed E-state index contributed by atoms with van der Waals surface area (Å²) in [6.07, 6.45) is 1.13. The lowest BCUT2D eigenvalue weighted by Gasteiger charge is -2.17. The van der Waals surface area contributed by atoms with Crippen molar-refractivity contribution in [1.82, 2.24) is 4.72 Å². The van der Waals surface area contributed by atoms with Crippen LogP contribution in [0.3, 0.4) is 0 Å². The molecule has 4 nitrogen and oxygen atoms in total. The average molecular weight is 258 g/mol. The van der Waals surface area contributed by atoms with Gasteiger partial charge >= 0.3 is 0 Å². The molecule has 0 fully saturated rings. The molecule has 0 rings (SSSR count). The van der Waals surface area contributed by atoms with Gasteiger partial charge in [0.05, 0.1) is 5.75 Å². The van der Waals surface area contributed by atoms with Crippen LogP contribution < -0.4 is 4.72 Å². The molecule has 0 aliphatic rings. The minimum absolute atomic E-state index is 0.00785. The number of aliphatic hydroxyl groups is 1. The first-order valence-corrected chi connectivity index (χ1v) is 7.30. The van der Waals surface area contributed by atoms with Gasteiger partial charge in [-0.15, -0.1) is 11.6 Å². The zero-order valence-electron chi connectivity index (χ0n) is 9.24. The van der Waals surface area contributed by atoms with Crippen molar-refractivity contribution >= 4 is 21.6 Å². The number of hydrogen-bond donors (Lipinski definition) is 2. The second-order valence-electron chi connectivity index (χ2n) is 3.78. The summed E-state index contributed by atoms with van der Waals surface area (Å²) in [6.45, 7) is 3.67. The van der Waals surface area contributed by atoms with E-state index in [1.807, 2.05) is 6.92 Å². The normalized spacial score (nSPS) is 16.3. The number of sulfonamides is 1. The highest BCUT2D eigenvalue weighted by molar-refractivity contribution is 7.89. The Morgan fingerprint density at radius 3 is 2.47 bits per heavy atom. The molecule has 0 heterocycles. The van der Waals surface area contributed by atoms with Gasteiger partial charge in [-0.05, 0) is 18.8 Å². The highest BCUT2D eigenvalue weighted by Crippen LogP contribution is 2.05. The van der Waals surface area contributed by atoms with Crippen molar-refractivity contribution < 1.29 is 13.5 Å². The quantitative estimate of drug-likeness (QED) is 0.636. The van der Waals surface area contributed by atoms with Gasteiger partial charge in [0, 0.05) is 18.5 Å². The number of nitrogens with one attached hydrogen (secondary N) is 1. The lowest BCUT2D eigenvalue weighted by Crippen LogP contribution is -2.38. The molecule has 6 heteroatoms. The molecule has 2 N–H and O–H groups in total. The number of hydrogen-bond acceptors (Lipinski definition) is 3. The maximum absolute atomic E-state index is 11.6. The first kappa shape index (κ1) is 15.2. The minimum Gasteiger partial charge on any atom is -0.396 e. The SMILES string of the molecule is CCC(CCO)NS(=O)(=O)CC(C)CCl. The van der Waals surface area contributed by atoms with Gasteiger partial charge in [-0.1, -0.05) is 13.8 Å². The standard InChI is InChI=1S/C9H20ClNO3S/c1-3-9(4-5-12)11-15(13,14)7-8(2)6-10/h8-9,11-12H,3-7H2,1-2H3. The Balaban J connectivity index is 4.22. The van der Waals surface area contributed by atoms with Crippen molar-refractivity contribution in [2.45, 2.75) is 32.7 Å². The molecule has 2 atom stereocenters. The third-order valence-corrected chi connectivity index (χ3v) is 4.31. The van der Waals surface area contributed by atoms with Crippen molar-refractivity contribution in [2.24, 2.45) is 5.92 Å². The summed E-state index contributed by atoms with van der Waals surface area (Å²) in [4.78, 5) is 0. The van der Waals surface area contributed by atoms with E-state index in [1.165, 1.54) is 0 Å². The van der Waals surface area contributed by atoms with Gasteiger partial charge in [-0.2, -0.15) is 0 Å². The van der Waals surface area contributed by atoms with Gasteiger partial charge in [-0.25, -0.2) is 13.1 Å². The molecule has 92 valence electrons. The van der Waals surface area contributed by atoms with E-state index < -0.39 is 10.0 Å². The molecular weight excluding hydrogens is 238 g/mol. The molecular formula is C9H20ClNO3S. The van der Waals surface area contributed by atoms with E-state index in [2.05, 4.69) is 4.72 Å². The van der Waals surface area contributed by atoms with Gasteiger partial charge < -0.3 is 5.11 Å². The van der Waals surface area contributed by atoms with Crippen LogP contribution in [0.5, 0.6) is 0 Å². The largest absolute Gasteiger partial charge is 0.396 e. The van der Waals surface area contributed by atoms with Crippen LogP contribution >= 0.6 is 11.6 Å². The number of aliphatic hydroxyl groups excluding tert-OH is 1. The van der Waals surface area contributed by atoms with Gasteiger partial charge in [0.2, 0.25) is 10.0 Å². The zero-order chi connectivity index (χ0) is 11.9. The van der Waals surface area contributed by atoms with E-state index in [9.17, 15) is 8.42 Å². The van der Waals surface area contributed by atoms with Crippen LogP contribution in [0.1, 0.15) is 26.7 Å². The third kappa shape index (κ3) is 7.11. The van der Waals surface area contributed by atoms with Crippen LogP contribution in [0.2, 0.25) is 0 Å². The van der Waals surface area contributed by atoms with E-state index in [4.69, 9.17) is 16.7 Å². The molecule has 15 heavy (non-hydrogen) atoms. The Bertz CT molecular complexity index is 256. The average Bonchev–Trinajstić information content (AvgIpc) is 2.15. The predicted octanol–water partition coefficient (Wildman–Crippen LogP) is 0.942. The summed E-state index contributed by atoms with van der Waals surface area (Å²) in [5, 5.41) is 8.74. The molecule has 0 aromatic heterocycles. The lowest BCUT2D eigenvalue weighted by molar-refractivity contribution is 0.270. The fraction of sp³-hybridized carbons (Fsp3) is 1.00. The van der Waals surface area contributed by atoms with E-state index in [-0.39, 0.29) is 24.3 Å². The molecule has 0 saturated heterocycles. The van der Waals surface area contributed by atoms with Crippen LogP contribution in [-0.4, -0.2) is 37.8 Å². The molecule has 0 amide bonds. The summed E-state index contributed by atoms with van der Waals surface area (Å²) in [5.74, 6) is 0.312. The number of alkyl halides is 1. The van der Waals surface area contributed by atoms with Crippen LogP contribution in [0.15, 0.2) is 0 Å². The number of halogens is 1. The fourth-order valence-electron chi connectivity index (χ4n) is 1.22. The van der Waals surface area contributed by atoms with Crippen molar-refractivity contribution in [3.05, 3.63) is 0 Å². The van der Waals surface area contributed by atoms with Crippen LogP contribution in [0, 0.1) is 5.92 Å². The van der Waals surface area contributed by atoms with Gasteiger partial charge in [-0.3, -0.25) is 0 Å². The zero-order valence-corrected chi connectivity index (χ0v) is 10.8. The maximum Gasteiger partial charge on any atom is 0.212 e. The second-order valence-corrected chi connectivity index (χ2v) is 5.88. The summed E-state index contributed by atoms with van der Waals surface area (Å²) in [5.41, 5.74) is 0. The first-order valence-electron chi connectivity index (χ1n) is 5.12. The molecule has 0 aliphatic carbocycles. The first-order chi connectivity index (χ1) is 6.95. The molecule has 0 aliphatic heterocycles.